The van der Waals surface area contributed by atoms with Crippen molar-refractivity contribution in [2.75, 3.05) is 18.1 Å². The van der Waals surface area contributed by atoms with Gasteiger partial charge in [0.05, 0.1) is 15.9 Å². The average Bonchev–Trinajstić information content (AvgIpc) is 2.75. The van der Waals surface area contributed by atoms with Crippen LogP contribution in [0.25, 0.3) is 0 Å². The first kappa shape index (κ1) is 20.1. The summed E-state index contributed by atoms with van der Waals surface area (Å²) in [5.41, 5.74) is 0. The molecule has 0 saturated carbocycles. The Balaban J connectivity index is 0.00000324. The molecule has 5 nitrogen and oxygen atoms in total. The Hall–Kier alpha value is 1.08. The van der Waals surface area contributed by atoms with Crippen molar-refractivity contribution in [1.82, 2.24) is 5.32 Å². The summed E-state index contributed by atoms with van der Waals surface area (Å²) in [6.45, 7) is -0.0835. The van der Waals surface area contributed by atoms with E-state index in [9.17, 15) is 17.8 Å². The molecule has 0 aromatic heterocycles. The molecule has 0 aliphatic carbocycles. The Bertz CT molecular complexity index is 358. The predicted molar refractivity (Wildman–Crippen MR) is 74.5 cm³/mol. The minimum Gasteiger partial charge on any atom is -0.748 e. The van der Waals surface area contributed by atoms with E-state index in [1.807, 2.05) is 21.6 Å². The van der Waals surface area contributed by atoms with Crippen LogP contribution in [0.1, 0.15) is 32.1 Å². The molecule has 9 heteroatoms. The molecule has 1 rings (SSSR count). The van der Waals surface area contributed by atoms with Crippen LogP contribution >= 0.6 is 21.6 Å². The van der Waals surface area contributed by atoms with Gasteiger partial charge in [-0.25, -0.2) is 8.42 Å². The Labute approximate surface area is 144 Å². The second kappa shape index (κ2) is 10.8. The molecule has 1 aliphatic heterocycles. The zero-order chi connectivity index (χ0) is 13.4. The van der Waals surface area contributed by atoms with Gasteiger partial charge in [-0.15, -0.1) is 0 Å². The van der Waals surface area contributed by atoms with Crippen molar-refractivity contribution >= 4 is 37.6 Å². The number of amides is 1. The molecule has 1 atom stereocenters. The Kier molecular flexibility index (Phi) is 11.4. The van der Waals surface area contributed by atoms with Gasteiger partial charge in [-0.05, 0) is 19.3 Å². The van der Waals surface area contributed by atoms with Crippen LogP contribution < -0.4 is 34.9 Å². The van der Waals surface area contributed by atoms with E-state index in [1.165, 1.54) is 12.2 Å². The van der Waals surface area contributed by atoms with E-state index < -0.39 is 15.9 Å². The predicted octanol–water partition coefficient (Wildman–Crippen LogP) is -1.63. The number of carbonyl (C=O) groups is 1. The zero-order valence-electron chi connectivity index (χ0n) is 11.1. The summed E-state index contributed by atoms with van der Waals surface area (Å²) < 4.78 is 30.9. The fourth-order valence-electron chi connectivity index (χ4n) is 1.63. The number of unbranched alkanes of at least 4 members (excludes halogenated alkanes) is 1. The smallest absolute Gasteiger partial charge is 0.748 e. The van der Waals surface area contributed by atoms with Gasteiger partial charge in [0.25, 0.3) is 0 Å². The molecule has 1 aliphatic rings. The first-order chi connectivity index (χ1) is 8.47. The van der Waals surface area contributed by atoms with Gasteiger partial charge in [0.2, 0.25) is 5.91 Å². The average molecular weight is 335 g/mol. The van der Waals surface area contributed by atoms with Crippen LogP contribution in [0, 0.1) is 0 Å². The fourth-order valence-corrected chi connectivity index (χ4v) is 5.01. The van der Waals surface area contributed by atoms with Crippen molar-refractivity contribution in [2.24, 2.45) is 0 Å². The van der Waals surface area contributed by atoms with E-state index in [2.05, 4.69) is 5.32 Å². The molecule has 1 fully saturated rings. The van der Waals surface area contributed by atoms with Crippen molar-refractivity contribution < 1.29 is 47.3 Å². The van der Waals surface area contributed by atoms with E-state index >= 15 is 0 Å². The van der Waals surface area contributed by atoms with E-state index in [0.717, 1.165) is 24.5 Å². The van der Waals surface area contributed by atoms with E-state index in [-0.39, 0.29) is 42.0 Å². The van der Waals surface area contributed by atoms with Gasteiger partial charge in [-0.1, -0.05) is 28.0 Å². The molecule has 0 radical (unpaired) electrons. The minimum absolute atomic E-state index is 0. The maximum atomic E-state index is 11.3. The van der Waals surface area contributed by atoms with Crippen molar-refractivity contribution in [3.05, 3.63) is 0 Å². The van der Waals surface area contributed by atoms with Crippen molar-refractivity contribution in [1.29, 1.82) is 0 Å². The molecule has 0 bridgehead atoms. The second-order valence-corrected chi connectivity index (χ2v) is 8.50. The normalized spacial score (nSPS) is 18.9. The fraction of sp³-hybridized carbons (Fsp3) is 0.900. The summed E-state index contributed by atoms with van der Waals surface area (Å²) in [7, 11) is -0.383. The number of hydrogen-bond donors (Lipinski definition) is 1. The van der Waals surface area contributed by atoms with Crippen molar-refractivity contribution in [3.63, 3.8) is 0 Å². The van der Waals surface area contributed by atoms with Gasteiger partial charge in [0.1, 0.15) is 0 Å². The SMILES string of the molecule is O=C(CCCCC1CCSS1)NCCS(=O)(=O)[O-].[Na+]. The van der Waals surface area contributed by atoms with Crippen LogP contribution in [0.2, 0.25) is 0 Å². The number of nitrogens with one attached hydrogen (secondary N) is 1. The maximum absolute atomic E-state index is 11.3. The molecule has 1 amide bonds. The summed E-state index contributed by atoms with van der Waals surface area (Å²) >= 11 is 0. The Morgan fingerprint density at radius 3 is 2.68 bits per heavy atom. The van der Waals surface area contributed by atoms with E-state index in [0.29, 0.717) is 6.42 Å². The van der Waals surface area contributed by atoms with Crippen molar-refractivity contribution in [2.45, 2.75) is 37.4 Å². The summed E-state index contributed by atoms with van der Waals surface area (Å²) in [6, 6.07) is 0. The molecule has 1 N–H and O–H groups in total. The van der Waals surface area contributed by atoms with Gasteiger partial charge in [-0.2, -0.15) is 0 Å². The first-order valence-electron chi connectivity index (χ1n) is 5.96. The molecule has 1 saturated heterocycles. The van der Waals surface area contributed by atoms with Gasteiger partial charge in [-0.3, -0.25) is 4.79 Å². The Morgan fingerprint density at radius 2 is 2.11 bits per heavy atom. The van der Waals surface area contributed by atoms with Crippen LogP contribution in [-0.4, -0.2) is 42.2 Å². The third-order valence-electron chi connectivity index (χ3n) is 2.58. The summed E-state index contributed by atoms with van der Waals surface area (Å²) in [4.78, 5) is 11.3. The van der Waals surface area contributed by atoms with Crippen LogP contribution in [0.5, 0.6) is 0 Å². The molecule has 19 heavy (non-hydrogen) atoms. The number of rotatable bonds is 8. The molecular weight excluding hydrogens is 317 g/mol. The van der Waals surface area contributed by atoms with Crippen LogP contribution in [0.4, 0.5) is 0 Å². The molecule has 1 unspecified atom stereocenters. The largest absolute Gasteiger partial charge is 1.00 e. The van der Waals surface area contributed by atoms with Gasteiger partial charge in [0, 0.05) is 24.0 Å². The standard InChI is InChI=1S/C10H19NO4S3.Na/c12-10(11-6-8-18(13,14)15)4-2-1-3-9-5-7-16-17-9;/h9H,1-8H2,(H,11,12)(H,13,14,15);/q;+1/p-1. The van der Waals surface area contributed by atoms with Crippen molar-refractivity contribution in [3.8, 4) is 0 Å². The Morgan fingerprint density at radius 1 is 1.37 bits per heavy atom. The second-order valence-electron chi connectivity index (χ2n) is 4.19. The van der Waals surface area contributed by atoms with Crippen LogP contribution in [0.15, 0.2) is 0 Å². The first-order valence-corrected chi connectivity index (χ1v) is 9.92. The molecule has 1 heterocycles. The summed E-state index contributed by atoms with van der Waals surface area (Å²) in [5, 5.41) is 3.17. The number of hydrogen-bond acceptors (Lipinski definition) is 6. The molecule has 0 aromatic rings. The molecule has 0 spiro atoms. The quantitative estimate of drug-likeness (QED) is 0.248. The van der Waals surface area contributed by atoms with Crippen LogP contribution in [-0.2, 0) is 14.9 Å². The summed E-state index contributed by atoms with van der Waals surface area (Å²) in [5.74, 6) is 0.515. The summed E-state index contributed by atoms with van der Waals surface area (Å²) in [6.07, 6.45) is 4.63. The topological polar surface area (TPSA) is 86.3 Å². The van der Waals surface area contributed by atoms with Gasteiger partial charge < -0.3 is 9.87 Å². The van der Waals surface area contributed by atoms with E-state index in [1.54, 1.807) is 0 Å². The molecule has 0 aromatic carbocycles. The molecule has 106 valence electrons. The van der Waals surface area contributed by atoms with E-state index in [4.69, 9.17) is 0 Å². The van der Waals surface area contributed by atoms with Crippen LogP contribution in [0.3, 0.4) is 0 Å². The minimum atomic E-state index is -4.23. The van der Waals surface area contributed by atoms with Gasteiger partial charge in [0.15, 0.2) is 0 Å². The third kappa shape index (κ3) is 11.4. The molecular formula is C10H18NNaO4S3. The number of carbonyl (C=O) groups excluding carboxylic acids is 1. The third-order valence-corrected chi connectivity index (χ3v) is 6.29. The maximum Gasteiger partial charge on any atom is 1.00 e. The monoisotopic (exact) mass is 335 g/mol. The van der Waals surface area contributed by atoms with Gasteiger partial charge >= 0.3 is 29.6 Å². The zero-order valence-corrected chi connectivity index (χ0v) is 15.5.